The molecule has 1 aromatic carbocycles. The van der Waals surface area contributed by atoms with E-state index < -0.39 is 15.2 Å². The van der Waals surface area contributed by atoms with Gasteiger partial charge in [0.2, 0.25) is 0 Å². The highest BCUT2D eigenvalue weighted by Crippen LogP contribution is 2.16. The SMILES string of the molecule is CCOC(CO[SiH](N)c1ccccc1)(OCC)OCC. The number of ether oxygens (including phenoxy) is 3. The lowest BCUT2D eigenvalue weighted by Crippen LogP contribution is -2.50. The second kappa shape index (κ2) is 9.22. The summed E-state index contributed by atoms with van der Waals surface area (Å²) in [6.45, 7) is 7.28. The summed E-state index contributed by atoms with van der Waals surface area (Å²) in [6.07, 6.45) is 0. The Bertz CT molecular complexity index is 346. The molecule has 0 spiro atoms. The zero-order valence-electron chi connectivity index (χ0n) is 12.5. The number of nitrogens with two attached hydrogens (primary N) is 1. The molecule has 1 rings (SSSR count). The van der Waals surface area contributed by atoms with Gasteiger partial charge < -0.3 is 24.0 Å². The first-order valence-corrected chi connectivity index (χ1v) is 8.73. The average molecular weight is 299 g/mol. The van der Waals surface area contributed by atoms with E-state index in [-0.39, 0.29) is 6.61 Å². The quantitative estimate of drug-likeness (QED) is 0.513. The van der Waals surface area contributed by atoms with Crippen LogP contribution >= 0.6 is 0 Å². The van der Waals surface area contributed by atoms with E-state index in [1.807, 2.05) is 51.1 Å². The van der Waals surface area contributed by atoms with Crippen molar-refractivity contribution < 1.29 is 18.6 Å². The fraction of sp³-hybridized carbons (Fsp3) is 0.571. The molecule has 0 aromatic heterocycles. The summed E-state index contributed by atoms with van der Waals surface area (Å²) in [6, 6.07) is 9.80. The summed E-state index contributed by atoms with van der Waals surface area (Å²) in [7, 11) is -1.98. The minimum absolute atomic E-state index is 0.171. The Morgan fingerprint density at radius 3 is 1.90 bits per heavy atom. The van der Waals surface area contributed by atoms with E-state index in [0.29, 0.717) is 19.8 Å². The molecule has 1 unspecified atom stereocenters. The molecule has 2 N–H and O–H groups in total. The monoisotopic (exact) mass is 299 g/mol. The lowest BCUT2D eigenvalue weighted by Gasteiger charge is -2.32. The number of rotatable bonds is 10. The van der Waals surface area contributed by atoms with E-state index in [1.165, 1.54) is 0 Å². The zero-order chi connectivity index (χ0) is 14.8. The maximum absolute atomic E-state index is 6.14. The lowest BCUT2D eigenvalue weighted by atomic mass is 10.4. The molecule has 0 bridgehead atoms. The Labute approximate surface area is 122 Å². The maximum atomic E-state index is 6.14. The van der Waals surface area contributed by atoms with Gasteiger partial charge in [-0.1, -0.05) is 30.3 Å². The molecule has 6 heteroatoms. The van der Waals surface area contributed by atoms with Gasteiger partial charge in [0.05, 0.1) is 0 Å². The van der Waals surface area contributed by atoms with Gasteiger partial charge in [-0.15, -0.1) is 0 Å². The van der Waals surface area contributed by atoms with E-state index >= 15 is 0 Å². The first-order valence-electron chi connectivity index (χ1n) is 7.01. The second-order valence-corrected chi connectivity index (χ2v) is 5.97. The van der Waals surface area contributed by atoms with E-state index in [9.17, 15) is 0 Å². The molecule has 0 amide bonds. The van der Waals surface area contributed by atoms with Crippen LogP contribution in [0.25, 0.3) is 0 Å². The predicted molar refractivity (Wildman–Crippen MR) is 81.0 cm³/mol. The summed E-state index contributed by atoms with van der Waals surface area (Å²) in [4.78, 5) is 0. The van der Waals surface area contributed by atoms with Crippen LogP contribution in [0.3, 0.4) is 0 Å². The third kappa shape index (κ3) is 5.32. The minimum atomic E-state index is -1.98. The van der Waals surface area contributed by atoms with Crippen LogP contribution in [-0.4, -0.2) is 41.6 Å². The zero-order valence-corrected chi connectivity index (χ0v) is 13.7. The molecular formula is C14H25NO4Si. The standard InChI is InChI=1S/C14H25NO4Si/c1-4-16-14(17-5-2,18-6-3)12-19-20(15)13-10-8-7-9-11-13/h7-11,20H,4-6,12,15H2,1-3H3. The second-order valence-electron chi connectivity index (χ2n) is 4.12. The van der Waals surface area contributed by atoms with Gasteiger partial charge in [-0.2, -0.15) is 0 Å². The van der Waals surface area contributed by atoms with Gasteiger partial charge in [-0.25, -0.2) is 0 Å². The van der Waals surface area contributed by atoms with Crippen LogP contribution in [0, 0.1) is 0 Å². The van der Waals surface area contributed by atoms with Gasteiger partial charge >= 0.3 is 5.97 Å². The summed E-state index contributed by atoms with van der Waals surface area (Å²) in [5.74, 6) is -1.16. The molecule has 114 valence electrons. The molecular weight excluding hydrogens is 274 g/mol. The topological polar surface area (TPSA) is 62.9 Å². The Balaban J connectivity index is 2.64. The molecule has 0 saturated carbocycles. The van der Waals surface area contributed by atoms with Crippen molar-refractivity contribution in [1.29, 1.82) is 0 Å². The molecule has 0 aliphatic rings. The van der Waals surface area contributed by atoms with Crippen LogP contribution in [-0.2, 0) is 18.6 Å². The summed E-state index contributed by atoms with van der Waals surface area (Å²) < 4.78 is 22.6. The van der Waals surface area contributed by atoms with Gasteiger partial charge in [0, 0.05) is 19.8 Å². The van der Waals surface area contributed by atoms with Crippen molar-refractivity contribution in [3.05, 3.63) is 30.3 Å². The number of hydrogen-bond acceptors (Lipinski definition) is 5. The molecule has 1 aromatic rings. The van der Waals surface area contributed by atoms with Crippen LogP contribution < -0.4 is 10.6 Å². The molecule has 20 heavy (non-hydrogen) atoms. The number of benzene rings is 1. The molecule has 0 radical (unpaired) electrons. The molecule has 1 atom stereocenters. The molecule has 0 aliphatic heterocycles. The highest BCUT2D eigenvalue weighted by atomic mass is 28.3. The van der Waals surface area contributed by atoms with Crippen molar-refractivity contribution in [2.45, 2.75) is 26.7 Å². The van der Waals surface area contributed by atoms with Crippen molar-refractivity contribution in [2.24, 2.45) is 5.40 Å². The first kappa shape index (κ1) is 17.3. The molecule has 0 aliphatic carbocycles. The predicted octanol–water partition coefficient (Wildman–Crippen LogP) is 0.853. The van der Waals surface area contributed by atoms with Crippen molar-refractivity contribution in [2.75, 3.05) is 26.4 Å². The first-order chi connectivity index (χ1) is 9.67. The Morgan fingerprint density at radius 2 is 1.45 bits per heavy atom. The Kier molecular flexibility index (Phi) is 7.97. The molecule has 0 fully saturated rings. The summed E-state index contributed by atoms with van der Waals surface area (Å²) >= 11 is 0. The Morgan fingerprint density at radius 1 is 0.950 bits per heavy atom. The number of hydrogen-bond donors (Lipinski definition) is 1. The highest BCUT2D eigenvalue weighted by Gasteiger charge is 2.34. The highest BCUT2D eigenvalue weighted by molar-refractivity contribution is 6.64. The van der Waals surface area contributed by atoms with Gasteiger partial charge in [-0.05, 0) is 26.0 Å². The fourth-order valence-electron chi connectivity index (χ4n) is 1.84. The van der Waals surface area contributed by atoms with Crippen LogP contribution in [0.4, 0.5) is 0 Å². The summed E-state index contributed by atoms with van der Waals surface area (Å²) in [5, 5.41) is 7.17. The molecule has 0 heterocycles. The van der Waals surface area contributed by atoms with E-state index in [0.717, 1.165) is 5.19 Å². The fourth-order valence-corrected chi connectivity index (χ4v) is 3.02. The van der Waals surface area contributed by atoms with Crippen LogP contribution in [0.2, 0.25) is 0 Å². The van der Waals surface area contributed by atoms with Crippen molar-refractivity contribution in [1.82, 2.24) is 0 Å². The van der Waals surface area contributed by atoms with Crippen molar-refractivity contribution >= 4 is 14.4 Å². The van der Waals surface area contributed by atoms with Gasteiger partial charge in [0.1, 0.15) is 6.61 Å². The lowest BCUT2D eigenvalue weighted by molar-refractivity contribution is -0.385. The van der Waals surface area contributed by atoms with Crippen molar-refractivity contribution in [3.63, 3.8) is 0 Å². The van der Waals surface area contributed by atoms with Gasteiger partial charge in [0.15, 0.2) is 0 Å². The minimum Gasteiger partial charge on any atom is -0.394 e. The van der Waals surface area contributed by atoms with E-state index in [1.54, 1.807) is 0 Å². The van der Waals surface area contributed by atoms with Gasteiger partial charge in [-0.3, -0.25) is 0 Å². The van der Waals surface area contributed by atoms with Crippen LogP contribution in [0.15, 0.2) is 30.3 Å². The smallest absolute Gasteiger partial charge is 0.306 e. The van der Waals surface area contributed by atoms with E-state index in [4.69, 9.17) is 24.0 Å². The third-order valence-electron chi connectivity index (χ3n) is 2.66. The maximum Gasteiger partial charge on any atom is 0.306 e. The molecule has 0 saturated heterocycles. The third-order valence-corrected chi connectivity index (χ3v) is 4.23. The van der Waals surface area contributed by atoms with Crippen molar-refractivity contribution in [3.8, 4) is 0 Å². The summed E-state index contributed by atoms with van der Waals surface area (Å²) in [5.41, 5.74) is 0. The van der Waals surface area contributed by atoms with Gasteiger partial charge in [0.25, 0.3) is 9.20 Å². The molecule has 5 nitrogen and oxygen atoms in total. The largest absolute Gasteiger partial charge is 0.394 e. The average Bonchev–Trinajstić information content (AvgIpc) is 2.46. The van der Waals surface area contributed by atoms with Crippen LogP contribution in [0.1, 0.15) is 20.8 Å². The Hall–Kier alpha value is -0.763. The van der Waals surface area contributed by atoms with E-state index in [2.05, 4.69) is 0 Å². The van der Waals surface area contributed by atoms with Crippen LogP contribution in [0.5, 0.6) is 0 Å². The normalized spacial score (nSPS) is 13.4.